The van der Waals surface area contributed by atoms with Gasteiger partial charge in [-0.1, -0.05) is 43.7 Å². The maximum atomic E-state index is 5.02. The van der Waals surface area contributed by atoms with E-state index in [0.29, 0.717) is 6.54 Å². The fourth-order valence-corrected chi connectivity index (χ4v) is 1.14. The van der Waals surface area contributed by atoms with Crippen LogP contribution in [0.4, 0.5) is 0 Å². The van der Waals surface area contributed by atoms with E-state index in [4.69, 9.17) is 9.47 Å². The first kappa shape index (κ1) is 15.8. The molecule has 0 aromatic heterocycles. The van der Waals surface area contributed by atoms with Crippen LogP contribution in [0.2, 0.25) is 0 Å². The summed E-state index contributed by atoms with van der Waals surface area (Å²) >= 11 is 0. The normalized spacial score (nSPS) is 10.5. The molecule has 0 saturated carbocycles. The highest BCUT2D eigenvalue weighted by Crippen LogP contribution is 2.00. The summed E-state index contributed by atoms with van der Waals surface area (Å²) in [5, 5.41) is 0. The number of rotatable bonds is 5. The van der Waals surface area contributed by atoms with Gasteiger partial charge in [0.1, 0.15) is 0 Å². The van der Waals surface area contributed by atoms with Crippen molar-refractivity contribution in [2.24, 2.45) is 4.99 Å². The highest BCUT2D eigenvalue weighted by atomic mass is 16.7. The number of aliphatic imine (C=N–C) groups is 1. The fraction of sp³-hybridized carbons (Fsp3) is 0.500. The lowest BCUT2D eigenvalue weighted by Gasteiger charge is -2.09. The molecule has 0 fully saturated rings. The zero-order chi connectivity index (χ0) is 13.1. The summed E-state index contributed by atoms with van der Waals surface area (Å²) in [4.78, 5) is 4.24. The smallest absolute Gasteiger partial charge is 0.176 e. The van der Waals surface area contributed by atoms with Gasteiger partial charge < -0.3 is 9.47 Å². The predicted octanol–water partition coefficient (Wildman–Crippen LogP) is 3.06. The second kappa shape index (κ2) is 10.00. The number of hydrogen-bond acceptors (Lipinski definition) is 3. The molecule has 3 nitrogen and oxygen atoms in total. The Labute approximate surface area is 104 Å². The summed E-state index contributed by atoms with van der Waals surface area (Å²) in [6, 6.07) is 8.19. The van der Waals surface area contributed by atoms with E-state index in [2.05, 4.69) is 24.0 Å². The Kier molecular flexibility index (Phi) is 9.30. The van der Waals surface area contributed by atoms with E-state index in [9.17, 15) is 0 Å². The SMILES string of the molecule is CC.COC(CN=Cc1ccc(C)cc1)OC. The van der Waals surface area contributed by atoms with Crippen molar-refractivity contribution in [1.82, 2.24) is 0 Å². The van der Waals surface area contributed by atoms with Gasteiger partial charge in [-0.3, -0.25) is 4.99 Å². The maximum absolute atomic E-state index is 5.02. The monoisotopic (exact) mass is 237 g/mol. The largest absolute Gasteiger partial charge is 0.354 e. The molecule has 0 saturated heterocycles. The minimum absolute atomic E-state index is 0.258. The molecule has 17 heavy (non-hydrogen) atoms. The van der Waals surface area contributed by atoms with E-state index in [1.54, 1.807) is 14.2 Å². The minimum atomic E-state index is -0.258. The molecule has 0 unspecified atom stereocenters. The van der Waals surface area contributed by atoms with Crippen LogP contribution < -0.4 is 0 Å². The third-order valence-corrected chi connectivity index (χ3v) is 2.10. The summed E-state index contributed by atoms with van der Waals surface area (Å²) in [7, 11) is 3.21. The van der Waals surface area contributed by atoms with E-state index >= 15 is 0 Å². The Hall–Kier alpha value is -1.19. The van der Waals surface area contributed by atoms with Crippen molar-refractivity contribution in [1.29, 1.82) is 0 Å². The third-order valence-electron chi connectivity index (χ3n) is 2.10. The standard InChI is InChI=1S/C12H17NO2.C2H6/c1-10-4-6-11(7-5-10)8-13-9-12(14-2)15-3;1-2/h4-8,12H,9H2,1-3H3;1-2H3. The maximum Gasteiger partial charge on any atom is 0.176 e. The molecule has 96 valence electrons. The molecular weight excluding hydrogens is 214 g/mol. The first-order valence-electron chi connectivity index (χ1n) is 5.88. The van der Waals surface area contributed by atoms with Gasteiger partial charge in [0, 0.05) is 20.4 Å². The number of nitrogens with zero attached hydrogens (tertiary/aromatic N) is 1. The summed E-state index contributed by atoms with van der Waals surface area (Å²) in [6.07, 6.45) is 1.57. The van der Waals surface area contributed by atoms with Crippen molar-refractivity contribution in [2.75, 3.05) is 20.8 Å². The second-order valence-corrected chi connectivity index (χ2v) is 3.31. The number of ether oxygens (including phenoxy) is 2. The topological polar surface area (TPSA) is 30.8 Å². The van der Waals surface area contributed by atoms with Crippen LogP contribution >= 0.6 is 0 Å². The van der Waals surface area contributed by atoms with Gasteiger partial charge in [-0.2, -0.15) is 0 Å². The molecule has 0 N–H and O–H groups in total. The van der Waals surface area contributed by atoms with Crippen molar-refractivity contribution in [3.8, 4) is 0 Å². The quantitative estimate of drug-likeness (QED) is 0.582. The first-order valence-corrected chi connectivity index (χ1v) is 5.88. The molecule has 1 rings (SSSR count). The number of methoxy groups -OCH3 is 2. The van der Waals surface area contributed by atoms with Gasteiger partial charge in [-0.05, 0) is 12.5 Å². The highest BCUT2D eigenvalue weighted by molar-refractivity contribution is 5.79. The van der Waals surface area contributed by atoms with E-state index < -0.39 is 0 Å². The molecule has 1 aromatic carbocycles. The van der Waals surface area contributed by atoms with Crippen molar-refractivity contribution < 1.29 is 9.47 Å². The molecule has 3 heteroatoms. The summed E-state index contributed by atoms with van der Waals surface area (Å²) in [6.45, 7) is 6.58. The molecular formula is C14H23NO2. The molecule has 1 aromatic rings. The molecule has 0 radical (unpaired) electrons. The Morgan fingerprint density at radius 3 is 2.12 bits per heavy atom. The van der Waals surface area contributed by atoms with E-state index in [0.717, 1.165) is 5.56 Å². The van der Waals surface area contributed by atoms with E-state index in [1.165, 1.54) is 5.56 Å². The van der Waals surface area contributed by atoms with Crippen molar-refractivity contribution in [3.63, 3.8) is 0 Å². The van der Waals surface area contributed by atoms with Gasteiger partial charge in [-0.15, -0.1) is 0 Å². The second-order valence-electron chi connectivity index (χ2n) is 3.31. The Morgan fingerprint density at radius 1 is 1.12 bits per heavy atom. The molecule has 0 bridgehead atoms. The Bertz CT molecular complexity index is 303. The van der Waals surface area contributed by atoms with Crippen molar-refractivity contribution in [3.05, 3.63) is 35.4 Å². The average molecular weight is 237 g/mol. The molecule has 0 atom stereocenters. The lowest BCUT2D eigenvalue weighted by molar-refractivity contribution is -0.0936. The van der Waals surface area contributed by atoms with Crippen molar-refractivity contribution >= 4 is 6.21 Å². The molecule has 0 spiro atoms. The minimum Gasteiger partial charge on any atom is -0.354 e. The van der Waals surface area contributed by atoms with Gasteiger partial charge in [-0.25, -0.2) is 0 Å². The van der Waals surface area contributed by atoms with Crippen LogP contribution in [0.5, 0.6) is 0 Å². The zero-order valence-corrected chi connectivity index (χ0v) is 11.4. The van der Waals surface area contributed by atoms with Crippen LogP contribution in [0, 0.1) is 6.92 Å². The molecule has 0 heterocycles. The highest BCUT2D eigenvalue weighted by Gasteiger charge is 2.00. The number of aryl methyl sites for hydroxylation is 1. The number of benzene rings is 1. The molecule has 0 aliphatic heterocycles. The first-order chi connectivity index (χ1) is 8.26. The van der Waals surface area contributed by atoms with Gasteiger partial charge >= 0.3 is 0 Å². The summed E-state index contributed by atoms with van der Waals surface area (Å²) < 4.78 is 10.0. The average Bonchev–Trinajstić information content (AvgIpc) is 2.39. The molecule has 0 amide bonds. The number of hydrogen-bond donors (Lipinski definition) is 0. The fourth-order valence-electron chi connectivity index (χ4n) is 1.14. The van der Waals surface area contributed by atoms with Crippen LogP contribution in [0.25, 0.3) is 0 Å². The van der Waals surface area contributed by atoms with Gasteiger partial charge in [0.2, 0.25) is 0 Å². The predicted molar refractivity (Wildman–Crippen MR) is 72.8 cm³/mol. The lowest BCUT2D eigenvalue weighted by atomic mass is 10.2. The zero-order valence-electron chi connectivity index (χ0n) is 11.4. The Morgan fingerprint density at radius 2 is 1.65 bits per heavy atom. The van der Waals surface area contributed by atoms with Crippen LogP contribution in [0.1, 0.15) is 25.0 Å². The van der Waals surface area contributed by atoms with Crippen LogP contribution in [-0.2, 0) is 9.47 Å². The lowest BCUT2D eigenvalue weighted by Crippen LogP contribution is -2.16. The van der Waals surface area contributed by atoms with Gasteiger partial charge in [0.15, 0.2) is 6.29 Å². The molecule has 0 aliphatic rings. The van der Waals surface area contributed by atoms with Crippen LogP contribution in [-0.4, -0.2) is 33.3 Å². The van der Waals surface area contributed by atoms with E-state index in [1.807, 2.05) is 32.2 Å². The third kappa shape index (κ3) is 6.87. The van der Waals surface area contributed by atoms with Gasteiger partial charge in [0.05, 0.1) is 6.54 Å². The summed E-state index contributed by atoms with van der Waals surface area (Å²) in [5.74, 6) is 0. The van der Waals surface area contributed by atoms with E-state index in [-0.39, 0.29) is 6.29 Å². The van der Waals surface area contributed by atoms with Crippen molar-refractivity contribution in [2.45, 2.75) is 27.1 Å². The van der Waals surface area contributed by atoms with Crippen LogP contribution in [0.3, 0.4) is 0 Å². The van der Waals surface area contributed by atoms with Gasteiger partial charge in [0.25, 0.3) is 0 Å². The van der Waals surface area contributed by atoms with Crippen LogP contribution in [0.15, 0.2) is 29.3 Å². The summed E-state index contributed by atoms with van der Waals surface area (Å²) in [5.41, 5.74) is 2.34. The molecule has 0 aliphatic carbocycles. The Balaban J connectivity index is 0.00000121.